The van der Waals surface area contributed by atoms with Crippen molar-refractivity contribution < 1.29 is 14.3 Å². The molecule has 1 saturated heterocycles. The van der Waals surface area contributed by atoms with Crippen LogP contribution in [0.5, 0.6) is 5.75 Å². The standard InChI is InChI=1S/C13H17NO3/c1-16-10-4-2-3-9(5-10)6-13(15)11-7-17-8-12(11)14/h2-5,11-12H,6-8,14H2,1H3. The van der Waals surface area contributed by atoms with Crippen LogP contribution >= 0.6 is 0 Å². The minimum atomic E-state index is -0.166. The molecule has 2 rings (SSSR count). The van der Waals surface area contributed by atoms with Crippen molar-refractivity contribution in [2.24, 2.45) is 11.7 Å². The van der Waals surface area contributed by atoms with Gasteiger partial charge in [-0.1, -0.05) is 12.1 Å². The van der Waals surface area contributed by atoms with Gasteiger partial charge < -0.3 is 15.2 Å². The van der Waals surface area contributed by atoms with E-state index in [-0.39, 0.29) is 17.7 Å². The highest BCUT2D eigenvalue weighted by molar-refractivity contribution is 5.84. The number of hydrogen-bond acceptors (Lipinski definition) is 4. The lowest BCUT2D eigenvalue weighted by atomic mass is 9.94. The summed E-state index contributed by atoms with van der Waals surface area (Å²) < 4.78 is 10.3. The maximum absolute atomic E-state index is 12.0. The van der Waals surface area contributed by atoms with Gasteiger partial charge in [0, 0.05) is 12.5 Å². The first-order chi connectivity index (χ1) is 8.20. The van der Waals surface area contributed by atoms with Gasteiger partial charge in [-0.15, -0.1) is 0 Å². The van der Waals surface area contributed by atoms with E-state index in [2.05, 4.69) is 0 Å². The van der Waals surface area contributed by atoms with E-state index >= 15 is 0 Å². The monoisotopic (exact) mass is 235 g/mol. The molecule has 4 nitrogen and oxygen atoms in total. The van der Waals surface area contributed by atoms with Gasteiger partial charge in [0.1, 0.15) is 11.5 Å². The number of methoxy groups -OCH3 is 1. The van der Waals surface area contributed by atoms with E-state index in [9.17, 15) is 4.79 Å². The first kappa shape index (κ1) is 12.1. The maximum Gasteiger partial charge on any atom is 0.144 e. The molecule has 1 aliphatic rings. The molecule has 1 aliphatic heterocycles. The summed E-state index contributed by atoms with van der Waals surface area (Å²) in [5.74, 6) is 0.742. The average molecular weight is 235 g/mol. The second-order valence-corrected chi connectivity index (χ2v) is 4.30. The molecule has 92 valence electrons. The molecule has 0 bridgehead atoms. The fourth-order valence-electron chi connectivity index (χ4n) is 2.02. The van der Waals surface area contributed by atoms with Crippen LogP contribution in [-0.2, 0) is 16.0 Å². The molecule has 4 heteroatoms. The van der Waals surface area contributed by atoms with Crippen LogP contribution in [0.4, 0.5) is 0 Å². The quantitative estimate of drug-likeness (QED) is 0.837. The topological polar surface area (TPSA) is 61.5 Å². The minimum absolute atomic E-state index is 0.142. The lowest BCUT2D eigenvalue weighted by Gasteiger charge is -2.12. The highest BCUT2D eigenvalue weighted by Crippen LogP contribution is 2.18. The largest absolute Gasteiger partial charge is 0.497 e. The van der Waals surface area contributed by atoms with Gasteiger partial charge in [-0.2, -0.15) is 0 Å². The Labute approximate surface area is 101 Å². The number of benzene rings is 1. The normalized spacial score (nSPS) is 23.6. The van der Waals surface area contributed by atoms with E-state index < -0.39 is 0 Å². The van der Waals surface area contributed by atoms with Crippen LogP contribution in [0, 0.1) is 5.92 Å². The summed E-state index contributed by atoms with van der Waals surface area (Å²) in [6.07, 6.45) is 0.388. The summed E-state index contributed by atoms with van der Waals surface area (Å²) in [5.41, 5.74) is 6.77. The van der Waals surface area contributed by atoms with Crippen molar-refractivity contribution in [3.8, 4) is 5.75 Å². The second kappa shape index (κ2) is 5.29. The van der Waals surface area contributed by atoms with Crippen LogP contribution in [0.3, 0.4) is 0 Å². The average Bonchev–Trinajstić information content (AvgIpc) is 2.76. The van der Waals surface area contributed by atoms with Gasteiger partial charge in [0.05, 0.1) is 26.2 Å². The summed E-state index contributed by atoms with van der Waals surface area (Å²) in [5, 5.41) is 0. The molecule has 2 N–H and O–H groups in total. The molecular weight excluding hydrogens is 218 g/mol. The second-order valence-electron chi connectivity index (χ2n) is 4.30. The molecule has 1 heterocycles. The Kier molecular flexibility index (Phi) is 3.76. The Morgan fingerprint density at radius 3 is 3.00 bits per heavy atom. The van der Waals surface area contributed by atoms with Crippen LogP contribution in [0.25, 0.3) is 0 Å². The van der Waals surface area contributed by atoms with E-state index in [1.165, 1.54) is 0 Å². The van der Waals surface area contributed by atoms with Crippen molar-refractivity contribution >= 4 is 5.78 Å². The molecule has 2 unspecified atom stereocenters. The van der Waals surface area contributed by atoms with Crippen LogP contribution in [0.1, 0.15) is 5.56 Å². The third kappa shape index (κ3) is 2.84. The van der Waals surface area contributed by atoms with Crippen molar-refractivity contribution in [2.45, 2.75) is 12.5 Å². The molecule has 0 saturated carbocycles. The molecule has 1 aromatic carbocycles. The number of ketones is 1. The highest BCUT2D eigenvalue weighted by atomic mass is 16.5. The first-order valence-electron chi connectivity index (χ1n) is 5.69. The predicted molar refractivity (Wildman–Crippen MR) is 64.0 cm³/mol. The van der Waals surface area contributed by atoms with Gasteiger partial charge in [-0.05, 0) is 17.7 Å². The van der Waals surface area contributed by atoms with Gasteiger partial charge in [0.2, 0.25) is 0 Å². The summed E-state index contributed by atoms with van der Waals surface area (Å²) >= 11 is 0. The fourth-order valence-corrected chi connectivity index (χ4v) is 2.02. The number of ether oxygens (including phenoxy) is 2. The molecule has 0 aliphatic carbocycles. The minimum Gasteiger partial charge on any atom is -0.497 e. The third-order valence-corrected chi connectivity index (χ3v) is 3.05. The molecule has 1 fully saturated rings. The number of rotatable bonds is 4. The maximum atomic E-state index is 12.0. The van der Waals surface area contributed by atoms with Crippen molar-refractivity contribution in [1.29, 1.82) is 0 Å². The fraction of sp³-hybridized carbons (Fsp3) is 0.462. The van der Waals surface area contributed by atoms with E-state index in [1.54, 1.807) is 7.11 Å². The lowest BCUT2D eigenvalue weighted by Crippen LogP contribution is -2.34. The third-order valence-electron chi connectivity index (χ3n) is 3.05. The number of nitrogens with two attached hydrogens (primary N) is 1. The number of Topliss-reactive ketones (excluding diaryl/α,β-unsaturated/α-hetero) is 1. The van der Waals surface area contributed by atoms with Crippen molar-refractivity contribution in [3.63, 3.8) is 0 Å². The van der Waals surface area contributed by atoms with Gasteiger partial charge >= 0.3 is 0 Å². The number of carbonyl (C=O) groups excluding carboxylic acids is 1. The summed E-state index contributed by atoms with van der Waals surface area (Å²) in [6, 6.07) is 7.37. The molecule has 0 aromatic heterocycles. The first-order valence-corrected chi connectivity index (χ1v) is 5.69. The lowest BCUT2D eigenvalue weighted by molar-refractivity contribution is -0.122. The zero-order valence-corrected chi connectivity index (χ0v) is 9.89. The van der Waals surface area contributed by atoms with Gasteiger partial charge in [-0.25, -0.2) is 0 Å². The molecule has 17 heavy (non-hydrogen) atoms. The molecule has 0 radical (unpaired) electrons. The SMILES string of the molecule is COc1cccc(CC(=O)C2COCC2N)c1. The van der Waals surface area contributed by atoms with Crippen molar-refractivity contribution in [3.05, 3.63) is 29.8 Å². The summed E-state index contributed by atoms with van der Waals surface area (Å²) in [6.45, 7) is 0.929. The van der Waals surface area contributed by atoms with Gasteiger partial charge in [0.25, 0.3) is 0 Å². The molecule has 0 spiro atoms. The van der Waals surface area contributed by atoms with Crippen LogP contribution < -0.4 is 10.5 Å². The zero-order chi connectivity index (χ0) is 12.3. The van der Waals surface area contributed by atoms with Crippen LogP contribution in [-0.4, -0.2) is 32.1 Å². The highest BCUT2D eigenvalue weighted by Gasteiger charge is 2.30. The molecule has 1 aromatic rings. The Bertz CT molecular complexity index is 405. The Balaban J connectivity index is 2.02. The van der Waals surface area contributed by atoms with E-state index in [4.69, 9.17) is 15.2 Å². The van der Waals surface area contributed by atoms with Crippen LogP contribution in [0.15, 0.2) is 24.3 Å². The molecule has 0 amide bonds. The zero-order valence-electron chi connectivity index (χ0n) is 9.89. The van der Waals surface area contributed by atoms with E-state index in [1.807, 2.05) is 24.3 Å². The number of carbonyl (C=O) groups is 1. The smallest absolute Gasteiger partial charge is 0.144 e. The summed E-state index contributed by atoms with van der Waals surface area (Å²) in [7, 11) is 1.61. The Morgan fingerprint density at radius 2 is 2.35 bits per heavy atom. The van der Waals surface area contributed by atoms with E-state index in [0.29, 0.717) is 19.6 Å². The van der Waals surface area contributed by atoms with E-state index in [0.717, 1.165) is 11.3 Å². The predicted octanol–water partition coefficient (Wildman–Crippen LogP) is 0.780. The van der Waals surface area contributed by atoms with Crippen molar-refractivity contribution in [1.82, 2.24) is 0 Å². The van der Waals surface area contributed by atoms with Crippen molar-refractivity contribution in [2.75, 3.05) is 20.3 Å². The number of hydrogen-bond donors (Lipinski definition) is 1. The van der Waals surface area contributed by atoms with Gasteiger partial charge in [0.15, 0.2) is 0 Å². The van der Waals surface area contributed by atoms with Crippen LogP contribution in [0.2, 0.25) is 0 Å². The Morgan fingerprint density at radius 1 is 1.53 bits per heavy atom. The Hall–Kier alpha value is -1.39. The molecular formula is C13H17NO3. The summed E-state index contributed by atoms with van der Waals surface area (Å²) in [4.78, 5) is 12.0. The molecule has 2 atom stereocenters. The van der Waals surface area contributed by atoms with Gasteiger partial charge in [-0.3, -0.25) is 4.79 Å².